The normalized spacial score (nSPS) is 10.5. The van der Waals surface area contributed by atoms with E-state index in [1.807, 2.05) is 6.92 Å². The first-order valence-electron chi connectivity index (χ1n) is 7.28. The van der Waals surface area contributed by atoms with Crippen molar-refractivity contribution in [3.05, 3.63) is 45.2 Å². The van der Waals surface area contributed by atoms with Gasteiger partial charge in [-0.25, -0.2) is 9.97 Å². The lowest BCUT2D eigenvalue weighted by Gasteiger charge is -2.11. The van der Waals surface area contributed by atoms with E-state index < -0.39 is 4.92 Å². The van der Waals surface area contributed by atoms with Crippen LogP contribution < -0.4 is 10.6 Å². The van der Waals surface area contributed by atoms with Crippen LogP contribution in [0.15, 0.2) is 24.5 Å². The Morgan fingerprint density at radius 3 is 2.75 bits per heavy atom. The number of hydrogen-bond acceptors (Lipinski definition) is 7. The van der Waals surface area contributed by atoms with Crippen LogP contribution in [-0.2, 0) is 4.74 Å². The molecule has 2 N–H and O–H groups in total. The lowest BCUT2D eigenvalue weighted by atomic mass is 10.2. The molecule has 1 heterocycles. The number of anilines is 3. The molecule has 0 aliphatic heterocycles. The molecule has 0 fully saturated rings. The Labute approximate surface area is 144 Å². The molecule has 0 atom stereocenters. The second-order valence-electron chi connectivity index (χ2n) is 5.03. The van der Waals surface area contributed by atoms with Gasteiger partial charge in [-0.3, -0.25) is 10.1 Å². The molecular weight excluding hydrogens is 334 g/mol. The molecule has 0 saturated heterocycles. The van der Waals surface area contributed by atoms with E-state index in [9.17, 15) is 10.1 Å². The number of nitro groups is 1. The lowest BCUT2D eigenvalue weighted by molar-refractivity contribution is -0.383. The average Bonchev–Trinajstić information content (AvgIpc) is 2.54. The Bertz CT molecular complexity index is 726. The Hall–Kier alpha value is -2.45. The predicted octanol–water partition coefficient (Wildman–Crippen LogP) is 3.54. The van der Waals surface area contributed by atoms with Gasteiger partial charge in [0.2, 0.25) is 11.6 Å². The van der Waals surface area contributed by atoms with Crippen LogP contribution in [0.5, 0.6) is 0 Å². The number of halogens is 1. The van der Waals surface area contributed by atoms with Crippen molar-refractivity contribution >= 4 is 34.6 Å². The van der Waals surface area contributed by atoms with Crippen LogP contribution in [0.1, 0.15) is 12.0 Å². The first-order chi connectivity index (χ1) is 11.5. The van der Waals surface area contributed by atoms with E-state index in [-0.39, 0.29) is 17.3 Å². The van der Waals surface area contributed by atoms with Crippen molar-refractivity contribution in [2.75, 3.05) is 30.9 Å². The van der Waals surface area contributed by atoms with Gasteiger partial charge in [-0.05, 0) is 37.1 Å². The highest BCUT2D eigenvalue weighted by Crippen LogP contribution is 2.32. The largest absolute Gasteiger partial charge is 0.385 e. The Kier molecular flexibility index (Phi) is 6.28. The van der Waals surface area contributed by atoms with Crippen molar-refractivity contribution in [3.8, 4) is 0 Å². The van der Waals surface area contributed by atoms with Crippen molar-refractivity contribution in [1.29, 1.82) is 0 Å². The van der Waals surface area contributed by atoms with E-state index in [0.29, 0.717) is 30.3 Å². The fourth-order valence-electron chi connectivity index (χ4n) is 2.09. The maximum atomic E-state index is 11.5. The number of methoxy groups -OCH3 is 1. The minimum absolute atomic E-state index is 0.120. The Morgan fingerprint density at radius 1 is 1.33 bits per heavy atom. The number of ether oxygens (including phenoxy) is 1. The number of hydrogen-bond donors (Lipinski definition) is 2. The smallest absolute Gasteiger partial charge is 0.353 e. The summed E-state index contributed by atoms with van der Waals surface area (Å²) in [5.41, 5.74) is 1.33. The monoisotopic (exact) mass is 351 g/mol. The van der Waals surface area contributed by atoms with Gasteiger partial charge in [0, 0.05) is 31.0 Å². The molecule has 2 rings (SSSR count). The summed E-state index contributed by atoms with van der Waals surface area (Å²) in [6.45, 7) is 2.91. The van der Waals surface area contributed by atoms with Crippen LogP contribution in [-0.4, -0.2) is 35.2 Å². The summed E-state index contributed by atoms with van der Waals surface area (Å²) < 4.78 is 4.95. The summed E-state index contributed by atoms with van der Waals surface area (Å²) in [6, 6.07) is 5.21. The molecule has 1 aromatic carbocycles. The predicted molar refractivity (Wildman–Crippen MR) is 93.1 cm³/mol. The molecule has 0 unspecified atom stereocenters. The Morgan fingerprint density at radius 2 is 2.08 bits per heavy atom. The summed E-state index contributed by atoms with van der Waals surface area (Å²) in [5, 5.41) is 18.0. The van der Waals surface area contributed by atoms with Crippen LogP contribution >= 0.6 is 11.6 Å². The van der Waals surface area contributed by atoms with Gasteiger partial charge in [0.05, 0.1) is 4.92 Å². The van der Waals surface area contributed by atoms with Crippen LogP contribution in [0.3, 0.4) is 0 Å². The second-order valence-corrected chi connectivity index (χ2v) is 5.47. The van der Waals surface area contributed by atoms with Gasteiger partial charge in [-0.15, -0.1) is 0 Å². The van der Waals surface area contributed by atoms with Gasteiger partial charge in [-0.2, -0.15) is 0 Å². The molecule has 128 valence electrons. The third kappa shape index (κ3) is 4.53. The summed E-state index contributed by atoms with van der Waals surface area (Å²) in [7, 11) is 1.60. The van der Waals surface area contributed by atoms with Gasteiger partial charge >= 0.3 is 5.69 Å². The average molecular weight is 352 g/mol. The van der Waals surface area contributed by atoms with Crippen LogP contribution in [0.2, 0.25) is 5.02 Å². The minimum atomic E-state index is -0.508. The molecule has 1 aromatic heterocycles. The van der Waals surface area contributed by atoms with Crippen molar-refractivity contribution in [2.24, 2.45) is 0 Å². The van der Waals surface area contributed by atoms with Crippen molar-refractivity contribution in [2.45, 2.75) is 13.3 Å². The molecule has 2 aromatic rings. The number of nitrogens with zero attached hydrogens (tertiary/aromatic N) is 3. The molecule has 24 heavy (non-hydrogen) atoms. The van der Waals surface area contributed by atoms with E-state index in [2.05, 4.69) is 20.6 Å². The van der Waals surface area contributed by atoms with Gasteiger partial charge in [-0.1, -0.05) is 11.6 Å². The van der Waals surface area contributed by atoms with Crippen LogP contribution in [0.4, 0.5) is 23.0 Å². The highest BCUT2D eigenvalue weighted by atomic mass is 35.5. The topological polar surface area (TPSA) is 102 Å². The fraction of sp³-hybridized carbons (Fsp3) is 0.333. The van der Waals surface area contributed by atoms with E-state index in [4.69, 9.17) is 16.3 Å². The molecule has 0 aliphatic carbocycles. The molecule has 9 heteroatoms. The van der Waals surface area contributed by atoms with Gasteiger partial charge in [0.1, 0.15) is 6.33 Å². The zero-order valence-electron chi connectivity index (χ0n) is 13.4. The minimum Gasteiger partial charge on any atom is -0.385 e. The summed E-state index contributed by atoms with van der Waals surface area (Å²) >= 11 is 5.93. The molecule has 0 bridgehead atoms. The zero-order valence-corrected chi connectivity index (χ0v) is 14.1. The third-order valence-corrected chi connectivity index (χ3v) is 3.50. The van der Waals surface area contributed by atoms with Crippen LogP contribution in [0.25, 0.3) is 0 Å². The fourth-order valence-corrected chi connectivity index (χ4v) is 2.32. The number of nitrogens with one attached hydrogen (secondary N) is 2. The molecule has 0 spiro atoms. The number of aryl methyl sites for hydroxylation is 1. The third-order valence-electron chi connectivity index (χ3n) is 3.26. The number of rotatable bonds is 8. The van der Waals surface area contributed by atoms with Gasteiger partial charge in [0.15, 0.2) is 0 Å². The number of benzene rings is 1. The quantitative estimate of drug-likeness (QED) is 0.426. The van der Waals surface area contributed by atoms with E-state index in [1.54, 1.807) is 25.3 Å². The van der Waals surface area contributed by atoms with E-state index in [1.165, 1.54) is 6.33 Å². The van der Waals surface area contributed by atoms with Gasteiger partial charge < -0.3 is 15.4 Å². The first-order valence-corrected chi connectivity index (χ1v) is 7.66. The van der Waals surface area contributed by atoms with Gasteiger partial charge in [0.25, 0.3) is 0 Å². The summed E-state index contributed by atoms with van der Waals surface area (Å²) in [4.78, 5) is 18.9. The molecule has 8 nitrogen and oxygen atoms in total. The highest BCUT2D eigenvalue weighted by Gasteiger charge is 2.23. The van der Waals surface area contributed by atoms with Crippen LogP contribution in [0, 0.1) is 17.0 Å². The molecule has 0 saturated carbocycles. The maximum Gasteiger partial charge on any atom is 0.353 e. The van der Waals surface area contributed by atoms with Crippen molar-refractivity contribution < 1.29 is 9.66 Å². The highest BCUT2D eigenvalue weighted by molar-refractivity contribution is 6.30. The number of aromatic nitrogens is 2. The maximum absolute atomic E-state index is 11.5. The molecular formula is C15H18ClN5O3. The SMILES string of the molecule is COCCCNc1ncnc(Nc2ccc(Cl)cc2C)c1[N+](=O)[O-]. The molecule has 0 amide bonds. The summed E-state index contributed by atoms with van der Waals surface area (Å²) in [6.07, 6.45) is 1.98. The summed E-state index contributed by atoms with van der Waals surface area (Å²) in [5.74, 6) is 0.287. The molecule has 0 aliphatic rings. The zero-order chi connectivity index (χ0) is 17.5. The molecule has 0 radical (unpaired) electrons. The lowest BCUT2D eigenvalue weighted by Crippen LogP contribution is -2.10. The first kappa shape index (κ1) is 17.9. The Balaban J connectivity index is 2.27. The van der Waals surface area contributed by atoms with E-state index >= 15 is 0 Å². The van der Waals surface area contributed by atoms with Crippen molar-refractivity contribution in [1.82, 2.24) is 9.97 Å². The second kappa shape index (κ2) is 8.42. The standard InChI is InChI=1S/C15H18ClN5O3/c1-10-8-11(16)4-5-12(10)20-15-13(21(22)23)14(18-9-19-15)17-6-3-7-24-2/h4-5,8-9H,3,6-7H2,1-2H3,(H2,17,18,19,20). The van der Waals surface area contributed by atoms with Crippen molar-refractivity contribution in [3.63, 3.8) is 0 Å². The van der Waals surface area contributed by atoms with E-state index in [0.717, 1.165) is 5.56 Å².